The number of benzene rings is 1. The second-order valence-electron chi connectivity index (χ2n) is 8.66. The van der Waals surface area contributed by atoms with Gasteiger partial charge in [-0.25, -0.2) is 18.7 Å². The molecule has 1 aromatic carbocycles. The molecule has 0 radical (unpaired) electrons. The molecular formula is C22H28F2N2O2Si. The van der Waals surface area contributed by atoms with E-state index in [1.165, 1.54) is 24.8 Å². The van der Waals surface area contributed by atoms with Crippen molar-refractivity contribution in [1.82, 2.24) is 9.97 Å². The molecule has 0 amide bonds. The van der Waals surface area contributed by atoms with Crippen molar-refractivity contribution in [2.75, 3.05) is 0 Å². The van der Waals surface area contributed by atoms with Crippen LogP contribution in [0.1, 0.15) is 45.3 Å². The van der Waals surface area contributed by atoms with Crippen LogP contribution in [-0.4, -0.2) is 24.6 Å². The van der Waals surface area contributed by atoms with Crippen LogP contribution in [0.5, 0.6) is 0 Å². The van der Waals surface area contributed by atoms with Crippen LogP contribution in [0.15, 0.2) is 43.0 Å². The molecule has 0 saturated carbocycles. The largest absolute Gasteiger partial charge is 0.410 e. The number of rotatable bonds is 8. The predicted octanol–water partition coefficient (Wildman–Crippen LogP) is 6.02. The monoisotopic (exact) mass is 418 g/mol. The number of nitrogens with zero attached hydrogens (tertiary/aromatic N) is 2. The highest BCUT2D eigenvalue weighted by molar-refractivity contribution is 6.74. The normalized spacial score (nSPS) is 13.2. The quantitative estimate of drug-likeness (QED) is 0.299. The van der Waals surface area contributed by atoms with E-state index in [4.69, 9.17) is 4.43 Å². The highest BCUT2D eigenvalue weighted by Gasteiger charge is 2.40. The van der Waals surface area contributed by atoms with Crippen LogP contribution in [0.3, 0.4) is 0 Å². The molecule has 2 rings (SSSR count). The molecule has 0 spiro atoms. The highest BCUT2D eigenvalue weighted by Crippen LogP contribution is 2.42. The maximum Gasteiger partial charge on any atom is 0.192 e. The van der Waals surface area contributed by atoms with Gasteiger partial charge in [-0.2, -0.15) is 0 Å². The summed E-state index contributed by atoms with van der Waals surface area (Å²) >= 11 is 0. The number of carbonyl (C=O) groups excluding carboxylic acids is 1. The smallest absolute Gasteiger partial charge is 0.192 e. The summed E-state index contributed by atoms with van der Waals surface area (Å²) in [6, 6.07) is 2.33. The van der Waals surface area contributed by atoms with Crippen molar-refractivity contribution in [3.63, 3.8) is 0 Å². The average molecular weight is 419 g/mol. The molecule has 0 aliphatic heterocycles. The molecule has 156 valence electrons. The van der Waals surface area contributed by atoms with Crippen molar-refractivity contribution in [1.29, 1.82) is 0 Å². The Labute approximate surface area is 172 Å². The van der Waals surface area contributed by atoms with Crippen molar-refractivity contribution in [3.8, 4) is 11.1 Å². The van der Waals surface area contributed by atoms with Crippen molar-refractivity contribution < 1.29 is 18.0 Å². The van der Waals surface area contributed by atoms with Gasteiger partial charge in [-0.1, -0.05) is 27.4 Å². The van der Waals surface area contributed by atoms with Crippen LogP contribution in [-0.2, 0) is 9.22 Å². The first kappa shape index (κ1) is 23.0. The predicted molar refractivity (Wildman–Crippen MR) is 113 cm³/mol. The zero-order valence-corrected chi connectivity index (χ0v) is 18.6. The number of hydrogen-bond donors (Lipinski definition) is 0. The first-order chi connectivity index (χ1) is 13.5. The minimum absolute atomic E-state index is 0.0977. The zero-order chi connectivity index (χ0) is 21.8. The van der Waals surface area contributed by atoms with Crippen LogP contribution in [0, 0.1) is 11.6 Å². The van der Waals surface area contributed by atoms with Gasteiger partial charge in [-0.15, -0.1) is 0 Å². The maximum atomic E-state index is 14.8. The molecule has 1 unspecified atom stereocenters. The van der Waals surface area contributed by atoms with Crippen LogP contribution < -0.4 is 0 Å². The number of aldehydes is 1. The Hall–Kier alpha value is -2.25. The molecule has 7 heteroatoms. The first-order valence-corrected chi connectivity index (χ1v) is 12.4. The fourth-order valence-electron chi connectivity index (χ4n) is 2.66. The minimum atomic E-state index is -2.27. The highest BCUT2D eigenvalue weighted by atomic mass is 28.4. The third-order valence-electron chi connectivity index (χ3n) is 5.44. The van der Waals surface area contributed by atoms with Gasteiger partial charge in [0.15, 0.2) is 8.32 Å². The van der Waals surface area contributed by atoms with Gasteiger partial charge in [0.25, 0.3) is 0 Å². The van der Waals surface area contributed by atoms with E-state index in [0.29, 0.717) is 30.3 Å². The number of allylic oxidation sites excluding steroid dienone is 1. The van der Waals surface area contributed by atoms with E-state index in [9.17, 15) is 13.6 Å². The number of halogens is 2. The topological polar surface area (TPSA) is 52.1 Å². The fraction of sp³-hybridized carbons (Fsp3) is 0.409. The van der Waals surface area contributed by atoms with E-state index in [1.54, 1.807) is 0 Å². The molecule has 0 saturated heterocycles. The summed E-state index contributed by atoms with van der Waals surface area (Å²) in [6.45, 7) is 14.1. The molecule has 0 fully saturated rings. The van der Waals surface area contributed by atoms with Gasteiger partial charge in [0.2, 0.25) is 0 Å². The molecule has 1 atom stereocenters. The summed E-state index contributed by atoms with van der Waals surface area (Å²) in [5.41, 5.74) is 1.33. The lowest BCUT2D eigenvalue weighted by molar-refractivity contribution is -0.105. The number of hydrogen-bond acceptors (Lipinski definition) is 4. The van der Waals surface area contributed by atoms with Gasteiger partial charge in [-0.05, 0) is 42.6 Å². The fourth-order valence-corrected chi connectivity index (χ4v) is 3.97. The second kappa shape index (κ2) is 9.05. The molecule has 29 heavy (non-hydrogen) atoms. The molecule has 1 heterocycles. The SMILES string of the molecule is C=C(C=O)CCC(O[Si](C)(C)C(C)(C)C)c1cc(-c2cncnc2)c(F)cc1F. The van der Waals surface area contributed by atoms with Crippen LogP contribution in [0.25, 0.3) is 11.1 Å². The Morgan fingerprint density at radius 3 is 2.38 bits per heavy atom. The van der Waals surface area contributed by atoms with Crippen molar-refractivity contribution in [2.24, 2.45) is 0 Å². The van der Waals surface area contributed by atoms with E-state index in [-0.39, 0.29) is 16.2 Å². The molecule has 0 aliphatic carbocycles. The summed E-state index contributed by atoms with van der Waals surface area (Å²) in [5.74, 6) is -1.37. The zero-order valence-electron chi connectivity index (χ0n) is 17.6. The van der Waals surface area contributed by atoms with Gasteiger partial charge in [0.05, 0.1) is 6.10 Å². The molecule has 2 aromatic rings. The summed E-state index contributed by atoms with van der Waals surface area (Å²) in [5, 5.41) is -0.0977. The Kier molecular flexibility index (Phi) is 7.18. The number of aromatic nitrogens is 2. The van der Waals surface area contributed by atoms with Crippen molar-refractivity contribution in [3.05, 3.63) is 60.2 Å². The van der Waals surface area contributed by atoms with Gasteiger partial charge in [0, 0.05) is 35.2 Å². The van der Waals surface area contributed by atoms with E-state index in [1.807, 2.05) is 0 Å². The Morgan fingerprint density at radius 2 is 1.83 bits per heavy atom. The minimum Gasteiger partial charge on any atom is -0.410 e. The molecule has 0 N–H and O–H groups in total. The lowest BCUT2D eigenvalue weighted by atomic mass is 9.97. The van der Waals surface area contributed by atoms with Crippen molar-refractivity contribution >= 4 is 14.6 Å². The van der Waals surface area contributed by atoms with E-state index >= 15 is 0 Å². The summed E-state index contributed by atoms with van der Waals surface area (Å²) < 4.78 is 35.8. The van der Waals surface area contributed by atoms with E-state index in [2.05, 4.69) is 50.4 Å². The molecule has 1 aromatic heterocycles. The molecule has 4 nitrogen and oxygen atoms in total. The van der Waals surface area contributed by atoms with E-state index in [0.717, 1.165) is 6.07 Å². The Morgan fingerprint density at radius 1 is 1.21 bits per heavy atom. The van der Waals surface area contributed by atoms with Gasteiger partial charge in [0.1, 0.15) is 24.2 Å². The van der Waals surface area contributed by atoms with Crippen molar-refractivity contribution in [2.45, 2.75) is 57.8 Å². The lowest BCUT2D eigenvalue weighted by Crippen LogP contribution is -2.42. The maximum absolute atomic E-state index is 14.8. The molecule has 0 aliphatic rings. The van der Waals surface area contributed by atoms with Gasteiger partial charge >= 0.3 is 0 Å². The lowest BCUT2D eigenvalue weighted by Gasteiger charge is -2.39. The van der Waals surface area contributed by atoms with Gasteiger partial charge < -0.3 is 4.43 Å². The Balaban J connectivity index is 2.51. The standard InChI is InChI=1S/C22H28F2N2O2Si/c1-15(13-27)7-8-21(28-29(5,6)22(2,3)4)18-9-17(19(23)10-20(18)24)16-11-25-14-26-12-16/h9-14,21H,1,7-8H2,2-6H3. The van der Waals surface area contributed by atoms with Crippen LogP contribution in [0.2, 0.25) is 18.1 Å². The summed E-state index contributed by atoms with van der Waals surface area (Å²) in [4.78, 5) is 18.8. The molecular weight excluding hydrogens is 390 g/mol. The van der Waals surface area contributed by atoms with Gasteiger partial charge in [-0.3, -0.25) is 4.79 Å². The summed E-state index contributed by atoms with van der Waals surface area (Å²) in [6.07, 6.45) is 5.10. The third kappa shape index (κ3) is 5.64. The van der Waals surface area contributed by atoms with E-state index < -0.39 is 26.1 Å². The third-order valence-corrected chi connectivity index (χ3v) is 9.93. The Bertz CT molecular complexity index is 880. The molecule has 0 bridgehead atoms. The van der Waals surface area contributed by atoms with Crippen LogP contribution in [0.4, 0.5) is 8.78 Å². The first-order valence-electron chi connectivity index (χ1n) is 9.51. The summed E-state index contributed by atoms with van der Waals surface area (Å²) in [7, 11) is -2.27. The average Bonchev–Trinajstić information content (AvgIpc) is 2.64. The second-order valence-corrected chi connectivity index (χ2v) is 13.4. The number of carbonyl (C=O) groups is 1. The van der Waals surface area contributed by atoms with Crippen LogP contribution >= 0.6 is 0 Å².